The number of halogens is 1. The maximum absolute atomic E-state index is 10.7. The van der Waals surface area contributed by atoms with Crippen LogP contribution in [-0.2, 0) is 11.2 Å². The van der Waals surface area contributed by atoms with Crippen LogP contribution in [0.4, 0.5) is 5.69 Å². The molecule has 14 heavy (non-hydrogen) atoms. The molecule has 5 heteroatoms. The van der Waals surface area contributed by atoms with Gasteiger partial charge < -0.3 is 10.8 Å². The Labute approximate surface area is 92.1 Å². The molecule has 0 spiro atoms. The van der Waals surface area contributed by atoms with E-state index in [4.69, 9.17) is 10.8 Å². The van der Waals surface area contributed by atoms with E-state index in [-0.39, 0.29) is 17.7 Å². The highest BCUT2D eigenvalue weighted by Crippen LogP contribution is 2.37. The van der Waals surface area contributed by atoms with E-state index >= 15 is 0 Å². The lowest BCUT2D eigenvalue weighted by atomic mass is 10.1. The number of carbonyl (C=O) groups is 1. The normalized spacial score (nSPS) is 18.4. The monoisotopic (exact) mass is 231 g/mol. The smallest absolute Gasteiger partial charge is 0.317 e. The lowest BCUT2D eigenvalue weighted by Crippen LogP contribution is -2.14. The number of aliphatic carboxylic acids is 1. The number of nitrogens with two attached hydrogens (primary N) is 1. The van der Waals surface area contributed by atoms with Gasteiger partial charge in [0.15, 0.2) is 0 Å². The van der Waals surface area contributed by atoms with Gasteiger partial charge in [0.2, 0.25) is 0 Å². The molecule has 1 aliphatic rings. The van der Waals surface area contributed by atoms with E-state index in [1.165, 1.54) is 11.8 Å². The fourth-order valence-electron chi connectivity index (χ4n) is 1.41. The van der Waals surface area contributed by atoms with Gasteiger partial charge in [-0.05, 0) is 30.2 Å². The van der Waals surface area contributed by atoms with Gasteiger partial charge in [-0.2, -0.15) is 0 Å². The van der Waals surface area contributed by atoms with Crippen molar-refractivity contribution in [2.75, 3.05) is 5.73 Å². The molecule has 0 bridgehead atoms. The molecule has 1 heterocycles. The van der Waals surface area contributed by atoms with E-state index in [0.717, 1.165) is 10.5 Å². The summed E-state index contributed by atoms with van der Waals surface area (Å²) in [6, 6.07) is 5.54. The van der Waals surface area contributed by atoms with E-state index < -0.39 is 5.97 Å². The second kappa shape index (κ2) is 4.11. The molecule has 1 atom stereocenters. The van der Waals surface area contributed by atoms with Crippen molar-refractivity contribution in [1.29, 1.82) is 0 Å². The number of anilines is 1. The maximum Gasteiger partial charge on any atom is 0.317 e. The zero-order valence-electron chi connectivity index (χ0n) is 7.27. The van der Waals surface area contributed by atoms with E-state index in [2.05, 4.69) is 0 Å². The van der Waals surface area contributed by atoms with Gasteiger partial charge in [0.05, 0.1) is 0 Å². The minimum absolute atomic E-state index is 0. The molecule has 2 rings (SSSR count). The van der Waals surface area contributed by atoms with Crippen molar-refractivity contribution >= 4 is 35.8 Å². The summed E-state index contributed by atoms with van der Waals surface area (Å²) >= 11 is 1.40. The Morgan fingerprint density at radius 2 is 2.29 bits per heavy atom. The molecule has 0 aliphatic carbocycles. The Hall–Kier alpha value is -0.870. The molecule has 1 aromatic rings. The minimum atomic E-state index is -0.750. The van der Waals surface area contributed by atoms with Gasteiger partial charge >= 0.3 is 5.97 Å². The summed E-state index contributed by atoms with van der Waals surface area (Å²) in [7, 11) is 0. The van der Waals surface area contributed by atoms with Gasteiger partial charge in [-0.3, -0.25) is 4.79 Å². The number of fused-ring (bicyclic) bond motifs is 1. The van der Waals surface area contributed by atoms with Crippen LogP contribution in [0.1, 0.15) is 5.56 Å². The molecular weight excluding hydrogens is 222 g/mol. The quantitative estimate of drug-likeness (QED) is 0.724. The molecule has 1 unspecified atom stereocenters. The van der Waals surface area contributed by atoms with Crippen molar-refractivity contribution in [2.24, 2.45) is 0 Å². The van der Waals surface area contributed by atoms with Gasteiger partial charge in [-0.25, -0.2) is 0 Å². The molecule has 0 aromatic heterocycles. The Morgan fingerprint density at radius 1 is 1.57 bits per heavy atom. The van der Waals surface area contributed by atoms with Gasteiger partial charge in [0, 0.05) is 10.6 Å². The third-order valence-corrected chi connectivity index (χ3v) is 3.34. The molecule has 3 nitrogen and oxygen atoms in total. The van der Waals surface area contributed by atoms with Crippen molar-refractivity contribution in [3.8, 4) is 0 Å². The molecular formula is C9H10ClNO2S. The number of rotatable bonds is 1. The SMILES string of the molecule is Cl.Nc1ccc2c(c1)CC(C(=O)O)S2. The summed E-state index contributed by atoms with van der Waals surface area (Å²) in [5.41, 5.74) is 7.35. The number of hydrogen-bond donors (Lipinski definition) is 2. The van der Waals surface area contributed by atoms with E-state index in [1.807, 2.05) is 12.1 Å². The molecule has 0 amide bonds. The number of carboxylic acid groups (broad SMARTS) is 1. The number of nitrogen functional groups attached to an aromatic ring is 1. The Kier molecular flexibility index (Phi) is 3.29. The molecule has 0 saturated carbocycles. The summed E-state index contributed by atoms with van der Waals surface area (Å²) in [6.07, 6.45) is 0.584. The standard InChI is InChI=1S/C9H9NO2S.ClH/c10-6-1-2-7-5(3-6)4-8(13-7)9(11)12;/h1-3,8H,4,10H2,(H,11,12);1H. The predicted octanol–water partition coefficient (Wildman–Crippen LogP) is 1.79. The van der Waals surface area contributed by atoms with Crippen LogP contribution in [0.2, 0.25) is 0 Å². The van der Waals surface area contributed by atoms with Gasteiger partial charge in [0.1, 0.15) is 5.25 Å². The minimum Gasteiger partial charge on any atom is -0.480 e. The summed E-state index contributed by atoms with van der Waals surface area (Å²) in [5.74, 6) is -0.750. The van der Waals surface area contributed by atoms with Crippen LogP contribution >= 0.6 is 24.2 Å². The van der Waals surface area contributed by atoms with Crippen molar-refractivity contribution in [3.63, 3.8) is 0 Å². The predicted molar refractivity (Wildman–Crippen MR) is 59.1 cm³/mol. The van der Waals surface area contributed by atoms with E-state index in [9.17, 15) is 4.79 Å². The molecule has 0 saturated heterocycles. The molecule has 0 fully saturated rings. The highest BCUT2D eigenvalue weighted by molar-refractivity contribution is 8.01. The number of hydrogen-bond acceptors (Lipinski definition) is 3. The van der Waals surface area contributed by atoms with Crippen LogP contribution in [0, 0.1) is 0 Å². The molecule has 3 N–H and O–H groups in total. The van der Waals surface area contributed by atoms with Crippen LogP contribution in [-0.4, -0.2) is 16.3 Å². The summed E-state index contributed by atoms with van der Waals surface area (Å²) in [6.45, 7) is 0. The molecule has 1 aliphatic heterocycles. The van der Waals surface area contributed by atoms with Crippen LogP contribution in [0.25, 0.3) is 0 Å². The van der Waals surface area contributed by atoms with Crippen LogP contribution in [0.15, 0.2) is 23.1 Å². The second-order valence-corrected chi connectivity index (χ2v) is 4.26. The number of thioether (sulfide) groups is 1. The first-order valence-electron chi connectivity index (χ1n) is 3.94. The number of carboxylic acids is 1. The Morgan fingerprint density at radius 3 is 2.93 bits per heavy atom. The van der Waals surface area contributed by atoms with Gasteiger partial charge in [-0.1, -0.05) is 0 Å². The Bertz CT molecular complexity index is 370. The Balaban J connectivity index is 0.000000980. The van der Waals surface area contributed by atoms with Crippen LogP contribution in [0.3, 0.4) is 0 Å². The summed E-state index contributed by atoms with van der Waals surface area (Å²) in [4.78, 5) is 11.7. The van der Waals surface area contributed by atoms with E-state index in [0.29, 0.717) is 12.1 Å². The first-order valence-corrected chi connectivity index (χ1v) is 4.82. The van der Waals surface area contributed by atoms with Crippen molar-refractivity contribution in [1.82, 2.24) is 0 Å². The zero-order chi connectivity index (χ0) is 9.42. The summed E-state index contributed by atoms with van der Waals surface area (Å²) in [5, 5.41) is 8.47. The number of benzene rings is 1. The topological polar surface area (TPSA) is 63.3 Å². The average Bonchev–Trinajstić information content (AvgIpc) is 2.46. The molecule has 1 aromatic carbocycles. The third kappa shape index (κ3) is 1.96. The molecule has 0 radical (unpaired) electrons. The van der Waals surface area contributed by atoms with E-state index in [1.54, 1.807) is 6.07 Å². The van der Waals surface area contributed by atoms with Crippen molar-refractivity contribution < 1.29 is 9.90 Å². The maximum atomic E-state index is 10.7. The lowest BCUT2D eigenvalue weighted by molar-refractivity contribution is -0.136. The average molecular weight is 232 g/mol. The first kappa shape index (κ1) is 11.2. The largest absolute Gasteiger partial charge is 0.480 e. The first-order chi connectivity index (χ1) is 6.16. The third-order valence-electron chi connectivity index (χ3n) is 2.03. The second-order valence-electron chi connectivity index (χ2n) is 3.02. The summed E-state index contributed by atoms with van der Waals surface area (Å²) < 4.78 is 0. The van der Waals surface area contributed by atoms with Crippen LogP contribution < -0.4 is 5.73 Å². The van der Waals surface area contributed by atoms with Crippen molar-refractivity contribution in [2.45, 2.75) is 16.6 Å². The van der Waals surface area contributed by atoms with Gasteiger partial charge in [-0.15, -0.1) is 24.2 Å². The molecule has 76 valence electrons. The van der Waals surface area contributed by atoms with Gasteiger partial charge in [0.25, 0.3) is 0 Å². The van der Waals surface area contributed by atoms with Crippen LogP contribution in [0.5, 0.6) is 0 Å². The van der Waals surface area contributed by atoms with Crippen molar-refractivity contribution in [3.05, 3.63) is 23.8 Å². The highest BCUT2D eigenvalue weighted by atomic mass is 35.5. The fourth-order valence-corrected chi connectivity index (χ4v) is 2.52. The highest BCUT2D eigenvalue weighted by Gasteiger charge is 2.27. The lowest BCUT2D eigenvalue weighted by Gasteiger charge is -1.97. The zero-order valence-corrected chi connectivity index (χ0v) is 8.90. The fraction of sp³-hybridized carbons (Fsp3) is 0.222.